The van der Waals surface area contributed by atoms with E-state index in [9.17, 15) is 4.79 Å². The monoisotopic (exact) mass is 191 g/mol. The maximum Gasteiger partial charge on any atom is 0.336 e. The standard InChI is InChI=1S/C9H9N3O2/c1-12-4-7-6(9(13)14)2-5(10)3-8(7)11-12/h2-4H,10H2,1H3,(H,13,14). The van der Waals surface area contributed by atoms with Crippen LogP contribution in [0.25, 0.3) is 10.9 Å². The molecule has 2 rings (SSSR count). The van der Waals surface area contributed by atoms with Crippen molar-refractivity contribution in [3.05, 3.63) is 23.9 Å². The van der Waals surface area contributed by atoms with E-state index in [4.69, 9.17) is 10.8 Å². The van der Waals surface area contributed by atoms with Crippen LogP contribution in [0.4, 0.5) is 5.69 Å². The van der Waals surface area contributed by atoms with Gasteiger partial charge in [-0.2, -0.15) is 5.10 Å². The molecular formula is C9H9N3O2. The number of rotatable bonds is 1. The summed E-state index contributed by atoms with van der Waals surface area (Å²) < 4.78 is 1.57. The van der Waals surface area contributed by atoms with Crippen LogP contribution >= 0.6 is 0 Å². The van der Waals surface area contributed by atoms with E-state index in [1.807, 2.05) is 0 Å². The van der Waals surface area contributed by atoms with Gasteiger partial charge in [0.25, 0.3) is 0 Å². The van der Waals surface area contributed by atoms with Gasteiger partial charge < -0.3 is 10.8 Å². The van der Waals surface area contributed by atoms with Crippen molar-refractivity contribution in [2.75, 3.05) is 5.73 Å². The highest BCUT2D eigenvalue weighted by Crippen LogP contribution is 2.21. The van der Waals surface area contributed by atoms with Crippen LogP contribution < -0.4 is 5.73 Å². The normalized spacial score (nSPS) is 10.6. The zero-order chi connectivity index (χ0) is 10.3. The van der Waals surface area contributed by atoms with Gasteiger partial charge in [-0.1, -0.05) is 0 Å². The summed E-state index contributed by atoms with van der Waals surface area (Å²) in [4.78, 5) is 10.9. The molecule has 0 aliphatic carbocycles. The topological polar surface area (TPSA) is 81.1 Å². The highest BCUT2D eigenvalue weighted by Gasteiger charge is 2.11. The van der Waals surface area contributed by atoms with Crippen LogP contribution in [0.1, 0.15) is 10.4 Å². The third-order valence-electron chi connectivity index (χ3n) is 1.99. The number of carbonyl (C=O) groups is 1. The van der Waals surface area contributed by atoms with Crippen LogP contribution in [0.3, 0.4) is 0 Å². The highest BCUT2D eigenvalue weighted by atomic mass is 16.4. The second-order valence-corrected chi connectivity index (χ2v) is 3.11. The summed E-state index contributed by atoms with van der Waals surface area (Å²) in [6.45, 7) is 0. The number of aromatic carboxylic acids is 1. The van der Waals surface area contributed by atoms with E-state index in [-0.39, 0.29) is 5.56 Å². The first-order valence-corrected chi connectivity index (χ1v) is 4.04. The number of nitrogens with two attached hydrogens (primary N) is 1. The molecule has 5 heteroatoms. The van der Waals surface area contributed by atoms with E-state index in [1.165, 1.54) is 6.07 Å². The van der Waals surface area contributed by atoms with E-state index in [1.54, 1.807) is 24.0 Å². The lowest BCUT2D eigenvalue weighted by Gasteiger charge is -1.97. The Kier molecular flexibility index (Phi) is 1.67. The fraction of sp³-hybridized carbons (Fsp3) is 0.111. The van der Waals surface area contributed by atoms with Crippen molar-refractivity contribution in [2.45, 2.75) is 0 Å². The molecule has 0 unspecified atom stereocenters. The lowest BCUT2D eigenvalue weighted by molar-refractivity contribution is 0.0699. The molecule has 0 saturated heterocycles. The Balaban J connectivity index is 2.85. The molecule has 0 radical (unpaired) electrons. The molecule has 14 heavy (non-hydrogen) atoms. The first-order chi connectivity index (χ1) is 6.58. The van der Waals surface area contributed by atoms with Gasteiger partial charge in [-0.15, -0.1) is 0 Å². The molecule has 0 aliphatic rings. The maximum absolute atomic E-state index is 10.9. The molecule has 0 saturated carbocycles. The van der Waals surface area contributed by atoms with Gasteiger partial charge >= 0.3 is 5.97 Å². The minimum absolute atomic E-state index is 0.188. The summed E-state index contributed by atoms with van der Waals surface area (Å²) >= 11 is 0. The van der Waals surface area contributed by atoms with E-state index >= 15 is 0 Å². The largest absolute Gasteiger partial charge is 0.478 e. The zero-order valence-corrected chi connectivity index (χ0v) is 7.56. The number of nitrogen functional groups attached to an aromatic ring is 1. The summed E-state index contributed by atoms with van der Waals surface area (Å²) in [6, 6.07) is 3.09. The second kappa shape index (κ2) is 2.73. The van der Waals surface area contributed by atoms with Crippen LogP contribution in [0, 0.1) is 0 Å². The van der Waals surface area contributed by atoms with Gasteiger partial charge in [-0.3, -0.25) is 4.68 Å². The van der Waals surface area contributed by atoms with E-state index in [2.05, 4.69) is 5.10 Å². The first-order valence-electron chi connectivity index (χ1n) is 4.04. The van der Waals surface area contributed by atoms with Gasteiger partial charge in [0.15, 0.2) is 0 Å². The fourth-order valence-electron chi connectivity index (χ4n) is 1.44. The van der Waals surface area contributed by atoms with E-state index in [0.29, 0.717) is 16.6 Å². The van der Waals surface area contributed by atoms with Gasteiger partial charge in [0.05, 0.1) is 11.1 Å². The Bertz CT molecular complexity index is 516. The predicted molar refractivity (Wildman–Crippen MR) is 52.1 cm³/mol. The number of aryl methyl sites for hydroxylation is 1. The second-order valence-electron chi connectivity index (χ2n) is 3.11. The Hall–Kier alpha value is -2.04. The Morgan fingerprint density at radius 2 is 2.29 bits per heavy atom. The molecule has 0 bridgehead atoms. The van der Waals surface area contributed by atoms with Crippen molar-refractivity contribution in [3.8, 4) is 0 Å². The minimum atomic E-state index is -0.990. The van der Waals surface area contributed by atoms with Gasteiger partial charge in [0.1, 0.15) is 0 Å². The van der Waals surface area contributed by atoms with E-state index in [0.717, 1.165) is 0 Å². The van der Waals surface area contributed by atoms with Crippen molar-refractivity contribution >= 4 is 22.6 Å². The molecule has 3 N–H and O–H groups in total. The van der Waals surface area contributed by atoms with Crippen molar-refractivity contribution in [3.63, 3.8) is 0 Å². The summed E-state index contributed by atoms with van der Waals surface area (Å²) in [6.07, 6.45) is 1.66. The number of carboxylic acids is 1. The summed E-state index contributed by atoms with van der Waals surface area (Å²) in [5.41, 5.74) is 6.76. The molecule has 1 heterocycles. The van der Waals surface area contributed by atoms with Crippen LogP contribution in [-0.4, -0.2) is 20.9 Å². The number of fused-ring (bicyclic) bond motifs is 1. The predicted octanol–water partition coefficient (Wildman–Crippen LogP) is 0.854. The number of hydrogen-bond acceptors (Lipinski definition) is 3. The SMILES string of the molecule is Cn1cc2c(C(=O)O)cc(N)cc2n1. The molecule has 2 aromatic rings. The van der Waals surface area contributed by atoms with Crippen molar-refractivity contribution in [2.24, 2.45) is 7.05 Å². The number of anilines is 1. The molecule has 1 aromatic carbocycles. The fourth-order valence-corrected chi connectivity index (χ4v) is 1.44. The molecule has 0 aliphatic heterocycles. The molecule has 5 nitrogen and oxygen atoms in total. The first kappa shape index (κ1) is 8.55. The number of hydrogen-bond donors (Lipinski definition) is 2. The Labute approximate surface area is 79.7 Å². The lowest BCUT2D eigenvalue weighted by Crippen LogP contribution is -1.98. The van der Waals surface area contributed by atoms with Gasteiger partial charge in [0, 0.05) is 24.3 Å². The number of nitrogens with zero attached hydrogens (tertiary/aromatic N) is 2. The molecule has 72 valence electrons. The van der Waals surface area contributed by atoms with Gasteiger partial charge in [0.2, 0.25) is 0 Å². The quantitative estimate of drug-likeness (QED) is 0.655. The lowest BCUT2D eigenvalue weighted by atomic mass is 10.1. The van der Waals surface area contributed by atoms with Crippen LogP contribution in [-0.2, 0) is 7.05 Å². The zero-order valence-electron chi connectivity index (χ0n) is 7.56. The van der Waals surface area contributed by atoms with Gasteiger partial charge in [-0.25, -0.2) is 4.79 Å². The highest BCUT2D eigenvalue weighted by molar-refractivity contribution is 6.03. The van der Waals surface area contributed by atoms with Crippen LogP contribution in [0.5, 0.6) is 0 Å². The summed E-state index contributed by atoms with van der Waals surface area (Å²) in [5.74, 6) is -0.990. The summed E-state index contributed by atoms with van der Waals surface area (Å²) in [7, 11) is 1.74. The average molecular weight is 191 g/mol. The smallest absolute Gasteiger partial charge is 0.336 e. The average Bonchev–Trinajstić information content (AvgIpc) is 2.42. The van der Waals surface area contributed by atoms with Crippen molar-refractivity contribution in [1.82, 2.24) is 9.78 Å². The number of aromatic nitrogens is 2. The molecule has 1 aromatic heterocycles. The molecule has 0 atom stereocenters. The van der Waals surface area contributed by atoms with Crippen molar-refractivity contribution < 1.29 is 9.90 Å². The molecule has 0 fully saturated rings. The number of benzene rings is 1. The Morgan fingerprint density at radius 1 is 1.57 bits per heavy atom. The minimum Gasteiger partial charge on any atom is -0.478 e. The van der Waals surface area contributed by atoms with Crippen molar-refractivity contribution in [1.29, 1.82) is 0 Å². The number of carboxylic acid groups (broad SMARTS) is 1. The molecular weight excluding hydrogens is 182 g/mol. The van der Waals surface area contributed by atoms with Gasteiger partial charge in [-0.05, 0) is 12.1 Å². The van der Waals surface area contributed by atoms with E-state index < -0.39 is 5.97 Å². The molecule has 0 amide bonds. The van der Waals surface area contributed by atoms with Crippen LogP contribution in [0.15, 0.2) is 18.3 Å². The maximum atomic E-state index is 10.9. The molecule has 0 spiro atoms. The third-order valence-corrected chi connectivity index (χ3v) is 1.99. The van der Waals surface area contributed by atoms with Crippen LogP contribution in [0.2, 0.25) is 0 Å². The summed E-state index contributed by atoms with van der Waals surface area (Å²) in [5, 5.41) is 13.6. The Morgan fingerprint density at radius 3 is 2.93 bits per heavy atom. The third kappa shape index (κ3) is 1.19.